The van der Waals surface area contributed by atoms with Crippen molar-refractivity contribution >= 4 is 35.0 Å². The lowest BCUT2D eigenvalue weighted by Crippen LogP contribution is -2.59. The standard InChI is InChI=1S/C22H20ClN3O3/c23-16-7-3-5-14(11-16)13-24-20(27)15-6-4-8-17(12-15)26-22(29)19-10-2-1-9-18(19)21(28)25-26/h1-8,11-12,18-19H,9-10,13H2,(H,24,27)(H,25,28)/t18-,19+/m0/s1. The normalized spacial score (nSPS) is 20.8. The van der Waals surface area contributed by atoms with Gasteiger partial charge in [-0.2, -0.15) is 0 Å². The number of allylic oxidation sites excluding steroid dienone is 2. The molecule has 0 radical (unpaired) electrons. The largest absolute Gasteiger partial charge is 0.348 e. The van der Waals surface area contributed by atoms with E-state index in [0.717, 1.165) is 5.56 Å². The summed E-state index contributed by atoms with van der Waals surface area (Å²) in [6.45, 7) is 0.332. The molecule has 0 spiro atoms. The van der Waals surface area contributed by atoms with Crippen LogP contribution in [-0.4, -0.2) is 17.7 Å². The second kappa shape index (κ2) is 8.09. The van der Waals surface area contributed by atoms with Crippen LogP contribution in [0, 0.1) is 11.8 Å². The molecule has 2 N–H and O–H groups in total. The number of halogens is 1. The highest BCUT2D eigenvalue weighted by molar-refractivity contribution is 6.30. The minimum absolute atomic E-state index is 0.157. The molecule has 0 bridgehead atoms. The fourth-order valence-corrected chi connectivity index (χ4v) is 3.91. The first kappa shape index (κ1) is 19.2. The molecule has 1 aliphatic carbocycles. The molecule has 0 unspecified atom stereocenters. The molecule has 0 aromatic heterocycles. The molecular formula is C22H20ClN3O3. The van der Waals surface area contributed by atoms with Crippen molar-refractivity contribution in [3.8, 4) is 0 Å². The average Bonchev–Trinajstić information content (AvgIpc) is 2.75. The Hall–Kier alpha value is -3.12. The van der Waals surface area contributed by atoms with E-state index in [1.807, 2.05) is 24.3 Å². The number of amides is 3. The molecule has 2 aromatic carbocycles. The summed E-state index contributed by atoms with van der Waals surface area (Å²) in [7, 11) is 0. The Balaban J connectivity index is 1.49. The van der Waals surface area contributed by atoms with E-state index in [4.69, 9.17) is 11.6 Å². The Bertz CT molecular complexity index is 1000. The number of carbonyl (C=O) groups is 3. The molecule has 1 fully saturated rings. The van der Waals surface area contributed by atoms with Crippen LogP contribution >= 0.6 is 11.6 Å². The minimum atomic E-state index is -0.367. The fraction of sp³-hybridized carbons (Fsp3) is 0.227. The molecule has 0 saturated carbocycles. The van der Waals surface area contributed by atoms with Crippen LogP contribution in [0.3, 0.4) is 0 Å². The number of hydrogen-bond donors (Lipinski definition) is 2. The van der Waals surface area contributed by atoms with Crippen molar-refractivity contribution in [1.29, 1.82) is 0 Å². The number of anilines is 1. The lowest BCUT2D eigenvalue weighted by atomic mass is 9.80. The molecule has 4 rings (SSSR count). The zero-order chi connectivity index (χ0) is 20.4. The van der Waals surface area contributed by atoms with E-state index in [0.29, 0.717) is 35.7 Å². The van der Waals surface area contributed by atoms with Crippen molar-refractivity contribution in [2.24, 2.45) is 11.8 Å². The van der Waals surface area contributed by atoms with Gasteiger partial charge in [0.2, 0.25) is 11.8 Å². The SMILES string of the molecule is O=C(NCc1cccc(Cl)c1)c1cccc(N2NC(=O)[C@H]3CC=CC[C@H]3C2=O)c1. The van der Waals surface area contributed by atoms with E-state index in [1.165, 1.54) is 5.01 Å². The molecule has 1 aliphatic heterocycles. The molecule has 2 aliphatic rings. The number of benzene rings is 2. The summed E-state index contributed by atoms with van der Waals surface area (Å²) in [4.78, 5) is 37.9. The Morgan fingerprint density at radius 1 is 1.07 bits per heavy atom. The molecular weight excluding hydrogens is 390 g/mol. The highest BCUT2D eigenvalue weighted by Crippen LogP contribution is 2.32. The number of nitrogens with one attached hydrogen (secondary N) is 2. The van der Waals surface area contributed by atoms with Crippen molar-refractivity contribution in [3.63, 3.8) is 0 Å². The maximum atomic E-state index is 12.9. The van der Waals surface area contributed by atoms with Gasteiger partial charge in [-0.25, -0.2) is 5.01 Å². The van der Waals surface area contributed by atoms with Gasteiger partial charge in [0, 0.05) is 17.1 Å². The van der Waals surface area contributed by atoms with Gasteiger partial charge < -0.3 is 5.32 Å². The van der Waals surface area contributed by atoms with Crippen LogP contribution in [0.1, 0.15) is 28.8 Å². The van der Waals surface area contributed by atoms with Gasteiger partial charge in [-0.1, -0.05) is 42.0 Å². The Morgan fingerprint density at radius 3 is 2.62 bits per heavy atom. The van der Waals surface area contributed by atoms with E-state index >= 15 is 0 Å². The molecule has 6 nitrogen and oxygen atoms in total. The molecule has 29 heavy (non-hydrogen) atoms. The quantitative estimate of drug-likeness (QED) is 0.761. The van der Waals surface area contributed by atoms with Crippen molar-refractivity contribution < 1.29 is 14.4 Å². The third-order valence-electron chi connectivity index (χ3n) is 5.24. The third-order valence-corrected chi connectivity index (χ3v) is 5.47. The maximum absolute atomic E-state index is 12.9. The minimum Gasteiger partial charge on any atom is -0.348 e. The van der Waals surface area contributed by atoms with Crippen LogP contribution in [0.4, 0.5) is 5.69 Å². The summed E-state index contributed by atoms with van der Waals surface area (Å²) in [5, 5.41) is 4.71. The summed E-state index contributed by atoms with van der Waals surface area (Å²) in [5.74, 6) is -1.30. The van der Waals surface area contributed by atoms with Crippen LogP contribution in [0.25, 0.3) is 0 Å². The smallest absolute Gasteiger partial charge is 0.251 e. The lowest BCUT2D eigenvalue weighted by Gasteiger charge is -2.38. The monoisotopic (exact) mass is 409 g/mol. The van der Waals surface area contributed by atoms with Crippen LogP contribution in [0.15, 0.2) is 60.7 Å². The Morgan fingerprint density at radius 2 is 1.83 bits per heavy atom. The lowest BCUT2D eigenvalue weighted by molar-refractivity contribution is -0.139. The van der Waals surface area contributed by atoms with Gasteiger partial charge in [0.15, 0.2) is 0 Å². The van der Waals surface area contributed by atoms with Crippen LogP contribution in [0.2, 0.25) is 5.02 Å². The summed E-state index contributed by atoms with van der Waals surface area (Å²) in [6.07, 6.45) is 5.00. The first-order valence-corrected chi connectivity index (χ1v) is 9.83. The predicted octanol–water partition coefficient (Wildman–Crippen LogP) is 3.23. The third kappa shape index (κ3) is 4.03. The van der Waals surface area contributed by atoms with Gasteiger partial charge >= 0.3 is 0 Å². The Kier molecular flexibility index (Phi) is 5.36. The molecule has 148 valence electrons. The molecule has 2 aromatic rings. The van der Waals surface area contributed by atoms with Gasteiger partial charge in [0.1, 0.15) is 0 Å². The topological polar surface area (TPSA) is 78.5 Å². The van der Waals surface area contributed by atoms with Crippen LogP contribution in [0.5, 0.6) is 0 Å². The van der Waals surface area contributed by atoms with Gasteiger partial charge in [0.05, 0.1) is 17.5 Å². The van der Waals surface area contributed by atoms with Gasteiger partial charge in [-0.05, 0) is 48.7 Å². The van der Waals surface area contributed by atoms with E-state index in [2.05, 4.69) is 10.7 Å². The average molecular weight is 410 g/mol. The first-order valence-electron chi connectivity index (χ1n) is 9.45. The predicted molar refractivity (Wildman–Crippen MR) is 110 cm³/mol. The zero-order valence-corrected chi connectivity index (χ0v) is 16.4. The van der Waals surface area contributed by atoms with Crippen LogP contribution in [-0.2, 0) is 16.1 Å². The number of nitrogens with zero attached hydrogens (tertiary/aromatic N) is 1. The number of carbonyl (C=O) groups excluding carboxylic acids is 3. The molecule has 7 heteroatoms. The van der Waals surface area contributed by atoms with Crippen LogP contribution < -0.4 is 15.8 Å². The van der Waals surface area contributed by atoms with Crippen molar-refractivity contribution in [2.75, 3.05) is 5.01 Å². The van der Waals surface area contributed by atoms with E-state index in [9.17, 15) is 14.4 Å². The van der Waals surface area contributed by atoms with Crippen molar-refractivity contribution in [3.05, 3.63) is 76.8 Å². The molecule has 2 atom stereocenters. The summed E-state index contributed by atoms with van der Waals surface area (Å²) in [5.41, 5.74) is 4.43. The zero-order valence-electron chi connectivity index (χ0n) is 15.6. The second-order valence-electron chi connectivity index (χ2n) is 7.17. The van der Waals surface area contributed by atoms with Gasteiger partial charge in [-0.3, -0.25) is 19.8 Å². The molecule has 1 heterocycles. The Labute approximate surface area is 173 Å². The summed E-state index contributed by atoms with van der Waals surface area (Å²) >= 11 is 5.97. The number of rotatable bonds is 4. The van der Waals surface area contributed by atoms with Gasteiger partial charge in [-0.15, -0.1) is 0 Å². The van der Waals surface area contributed by atoms with E-state index in [1.54, 1.807) is 36.4 Å². The summed E-state index contributed by atoms with van der Waals surface area (Å²) in [6, 6.07) is 13.9. The first-order chi connectivity index (χ1) is 14.0. The number of fused-ring (bicyclic) bond motifs is 1. The van der Waals surface area contributed by atoms with E-state index in [-0.39, 0.29) is 29.6 Å². The highest BCUT2D eigenvalue weighted by atomic mass is 35.5. The second-order valence-corrected chi connectivity index (χ2v) is 7.60. The van der Waals surface area contributed by atoms with E-state index < -0.39 is 0 Å². The number of hydrazine groups is 1. The molecule has 1 saturated heterocycles. The highest BCUT2D eigenvalue weighted by Gasteiger charge is 2.42. The van der Waals surface area contributed by atoms with Crippen molar-refractivity contribution in [1.82, 2.24) is 10.7 Å². The number of hydrogen-bond acceptors (Lipinski definition) is 3. The van der Waals surface area contributed by atoms with Crippen molar-refractivity contribution in [2.45, 2.75) is 19.4 Å². The molecule has 3 amide bonds. The van der Waals surface area contributed by atoms with Gasteiger partial charge in [0.25, 0.3) is 5.91 Å². The fourth-order valence-electron chi connectivity index (χ4n) is 3.70. The maximum Gasteiger partial charge on any atom is 0.251 e. The summed E-state index contributed by atoms with van der Waals surface area (Å²) < 4.78 is 0.